The number of thiophene rings is 1. The van der Waals surface area contributed by atoms with E-state index in [1.807, 2.05) is 11.3 Å². The molecule has 0 bridgehead atoms. The lowest BCUT2D eigenvalue weighted by molar-refractivity contribution is 0.587. The van der Waals surface area contributed by atoms with Gasteiger partial charge in [-0.1, -0.05) is 126 Å². The van der Waals surface area contributed by atoms with Gasteiger partial charge >= 0.3 is 0 Å². The van der Waals surface area contributed by atoms with Gasteiger partial charge in [-0.15, -0.1) is 11.3 Å². The summed E-state index contributed by atoms with van der Waals surface area (Å²) in [5.74, 6) is 0. The van der Waals surface area contributed by atoms with Crippen molar-refractivity contribution < 1.29 is 8.83 Å². The number of anilines is 2. The Kier molecular flexibility index (Phi) is 7.21. The number of fused-ring (bicyclic) bond motifs is 15. The average molecular weight is 818 g/mol. The summed E-state index contributed by atoms with van der Waals surface area (Å²) in [5.41, 5.74) is 16.5. The van der Waals surface area contributed by atoms with Crippen molar-refractivity contribution >= 4 is 127 Å². The van der Waals surface area contributed by atoms with Crippen molar-refractivity contribution in [2.45, 2.75) is 52.4 Å². The van der Waals surface area contributed by atoms with Crippen LogP contribution in [0.25, 0.3) is 103 Å². The predicted molar refractivity (Wildman–Crippen MR) is 266 cm³/mol. The molecule has 0 unspecified atom stereocenters. The molecule has 12 aromatic rings. The first-order chi connectivity index (χ1) is 30.0. The van der Waals surface area contributed by atoms with E-state index in [1.165, 1.54) is 69.7 Å². The molecule has 0 fully saturated rings. The van der Waals surface area contributed by atoms with Crippen molar-refractivity contribution in [3.05, 3.63) is 151 Å². The Morgan fingerprint density at radius 2 is 1.24 bits per heavy atom. The maximum atomic E-state index is 6.74. The van der Waals surface area contributed by atoms with Crippen molar-refractivity contribution in [3.63, 3.8) is 0 Å². The highest BCUT2D eigenvalue weighted by molar-refractivity contribution is 7.25. The second-order valence-electron chi connectivity index (χ2n) is 19.2. The first kappa shape index (κ1) is 35.9. The van der Waals surface area contributed by atoms with Crippen LogP contribution in [0.3, 0.4) is 0 Å². The molecular formula is C56H42BN2O2S. The van der Waals surface area contributed by atoms with Crippen molar-refractivity contribution in [1.29, 1.82) is 0 Å². The lowest BCUT2D eigenvalue weighted by Crippen LogP contribution is -2.37. The second-order valence-corrected chi connectivity index (χ2v) is 20.3. The highest BCUT2D eigenvalue weighted by Crippen LogP contribution is 2.46. The highest BCUT2D eigenvalue weighted by atomic mass is 32.1. The molecule has 0 aliphatic carbocycles. The predicted octanol–water partition coefficient (Wildman–Crippen LogP) is 14.9. The smallest absolute Gasteiger partial charge is 0.197 e. The van der Waals surface area contributed by atoms with E-state index in [1.54, 1.807) is 0 Å². The van der Waals surface area contributed by atoms with Gasteiger partial charge in [0.05, 0.1) is 11.2 Å². The van der Waals surface area contributed by atoms with E-state index >= 15 is 0 Å². The number of furan rings is 2. The van der Waals surface area contributed by atoms with Crippen molar-refractivity contribution in [3.8, 4) is 16.8 Å². The molecule has 0 saturated heterocycles. The Bertz CT molecular complexity index is 3880. The summed E-state index contributed by atoms with van der Waals surface area (Å²) in [6.07, 6.45) is 0. The van der Waals surface area contributed by atoms with Gasteiger partial charge in [-0.3, -0.25) is 0 Å². The zero-order chi connectivity index (χ0) is 41.8. The van der Waals surface area contributed by atoms with Gasteiger partial charge in [-0.25, -0.2) is 0 Å². The maximum absolute atomic E-state index is 6.74. The Balaban J connectivity index is 1.12. The quantitative estimate of drug-likeness (QED) is 0.181. The number of hydrogen-bond acceptors (Lipinski definition) is 4. The van der Waals surface area contributed by atoms with Crippen LogP contribution in [0.1, 0.15) is 52.7 Å². The van der Waals surface area contributed by atoms with Gasteiger partial charge in [0.15, 0.2) is 7.28 Å². The normalized spacial score (nSPS) is 13.1. The maximum Gasteiger partial charge on any atom is 0.197 e. The van der Waals surface area contributed by atoms with Crippen LogP contribution >= 0.6 is 11.3 Å². The minimum Gasteiger partial charge on any atom is -0.456 e. The molecule has 297 valence electrons. The van der Waals surface area contributed by atoms with E-state index < -0.39 is 0 Å². The number of rotatable bonds is 3. The molecule has 1 aliphatic rings. The molecule has 5 heterocycles. The molecule has 8 aromatic carbocycles. The third kappa shape index (κ3) is 5.13. The molecule has 4 aromatic heterocycles. The van der Waals surface area contributed by atoms with Gasteiger partial charge in [0.1, 0.15) is 22.3 Å². The minimum atomic E-state index is 0.00211. The molecule has 1 aliphatic heterocycles. The minimum absolute atomic E-state index is 0.00211. The fraction of sp³-hybridized carbons (Fsp3) is 0.143. The van der Waals surface area contributed by atoms with E-state index in [2.05, 4.69) is 198 Å². The van der Waals surface area contributed by atoms with Gasteiger partial charge in [0, 0.05) is 75.6 Å². The Morgan fingerprint density at radius 3 is 2.06 bits per heavy atom. The summed E-state index contributed by atoms with van der Waals surface area (Å²) >= 11 is 1.87. The van der Waals surface area contributed by atoms with Gasteiger partial charge in [0.2, 0.25) is 0 Å². The van der Waals surface area contributed by atoms with Crippen LogP contribution in [0.15, 0.2) is 148 Å². The van der Waals surface area contributed by atoms with Crippen LogP contribution in [0.5, 0.6) is 0 Å². The number of nitrogens with one attached hydrogen (secondary N) is 1. The highest BCUT2D eigenvalue weighted by Gasteiger charge is 2.30. The van der Waals surface area contributed by atoms with Gasteiger partial charge in [-0.05, 0) is 93.0 Å². The fourth-order valence-corrected chi connectivity index (χ4v) is 11.3. The fourth-order valence-electron chi connectivity index (χ4n) is 10.1. The van der Waals surface area contributed by atoms with Crippen LogP contribution in [0.4, 0.5) is 11.4 Å². The summed E-state index contributed by atoms with van der Waals surface area (Å²) in [7, 11) is 2.44. The largest absolute Gasteiger partial charge is 0.456 e. The van der Waals surface area contributed by atoms with Crippen molar-refractivity contribution in [2.24, 2.45) is 0 Å². The molecule has 4 nitrogen and oxygen atoms in total. The average Bonchev–Trinajstić information content (AvgIpc) is 4.01. The molecule has 0 amide bonds. The van der Waals surface area contributed by atoms with Crippen LogP contribution in [0, 0.1) is 0 Å². The molecule has 13 rings (SSSR count). The van der Waals surface area contributed by atoms with Crippen molar-refractivity contribution in [1.82, 2.24) is 4.57 Å². The molecule has 1 radical (unpaired) electrons. The summed E-state index contributed by atoms with van der Waals surface area (Å²) in [6, 6.07) is 51.4. The van der Waals surface area contributed by atoms with Crippen LogP contribution < -0.4 is 16.2 Å². The Morgan fingerprint density at radius 1 is 0.516 bits per heavy atom. The third-order valence-electron chi connectivity index (χ3n) is 13.3. The summed E-state index contributed by atoms with van der Waals surface area (Å²) in [4.78, 5) is 0. The van der Waals surface area contributed by atoms with E-state index in [9.17, 15) is 0 Å². The summed E-state index contributed by atoms with van der Waals surface area (Å²) in [5, 5.41) is 13.4. The monoisotopic (exact) mass is 817 g/mol. The number of para-hydroxylation sites is 1. The zero-order valence-electron chi connectivity index (χ0n) is 35.5. The molecule has 0 atom stereocenters. The van der Waals surface area contributed by atoms with E-state index in [0.29, 0.717) is 0 Å². The van der Waals surface area contributed by atoms with E-state index in [0.717, 1.165) is 66.4 Å². The van der Waals surface area contributed by atoms with Gasteiger partial charge < -0.3 is 18.7 Å². The molecule has 62 heavy (non-hydrogen) atoms. The number of hydrogen-bond donors (Lipinski definition) is 1. The Hall–Kier alpha value is -6.76. The van der Waals surface area contributed by atoms with Crippen LogP contribution in [-0.2, 0) is 10.8 Å². The standard InChI is InChI=1S/C56H42BN2O2S/c1-55(2,3)30-15-18-32(19-16-30)58-42-28-48-39(33-20-17-31(56(4,5)6)25-47(33)61-48)26-38(42)35-21-22-37-51-43(23-24-46-52(51)36-12-7-9-13-45(36)60-46)59-44-29-50-40(27-41(44)57-53(35)54(37)59)34-11-8-10-14-49(34)62-50/h7-29,58H,1-6H3. The molecule has 0 spiro atoms. The second kappa shape index (κ2) is 12.4. The summed E-state index contributed by atoms with van der Waals surface area (Å²) < 4.78 is 18.4. The van der Waals surface area contributed by atoms with Gasteiger partial charge in [0.25, 0.3) is 0 Å². The molecule has 6 heteroatoms. The van der Waals surface area contributed by atoms with E-state index in [-0.39, 0.29) is 10.8 Å². The van der Waals surface area contributed by atoms with Crippen LogP contribution in [0.2, 0.25) is 0 Å². The van der Waals surface area contributed by atoms with Crippen LogP contribution in [-0.4, -0.2) is 11.8 Å². The lowest BCUT2D eigenvalue weighted by atomic mass is 9.59. The SMILES string of the molecule is CC(C)(C)c1ccc(Nc2cc3oc4cc(C(C)(C)C)ccc4c3cc2-c2ccc3c4c5c(ccc4n4c3c2[B]c2cc3c(cc2-4)sc2ccccc23)oc2ccccc25)cc1. The molecular weight excluding hydrogens is 776 g/mol. The zero-order valence-corrected chi connectivity index (χ0v) is 36.3. The first-order valence-corrected chi connectivity index (χ1v) is 22.4. The Labute approximate surface area is 363 Å². The number of benzene rings is 8. The lowest BCUT2D eigenvalue weighted by Gasteiger charge is -2.24. The molecule has 1 N–H and O–H groups in total. The third-order valence-corrected chi connectivity index (χ3v) is 14.5. The van der Waals surface area contributed by atoms with E-state index in [4.69, 9.17) is 8.83 Å². The first-order valence-electron chi connectivity index (χ1n) is 21.6. The molecule has 0 saturated carbocycles. The number of aromatic nitrogens is 1. The number of nitrogens with zero attached hydrogens (tertiary/aromatic N) is 1. The van der Waals surface area contributed by atoms with Gasteiger partial charge in [-0.2, -0.15) is 0 Å². The van der Waals surface area contributed by atoms with Crippen molar-refractivity contribution in [2.75, 3.05) is 5.32 Å². The topological polar surface area (TPSA) is 43.2 Å². The summed E-state index contributed by atoms with van der Waals surface area (Å²) in [6.45, 7) is 13.5.